The number of carboxylic acid groups (broad SMARTS) is 2. The zero-order valence-electron chi connectivity index (χ0n) is 10.5. The third-order valence-electron chi connectivity index (χ3n) is 2.84. The Hall–Kier alpha value is -1.69. The van der Waals surface area contributed by atoms with E-state index < -0.39 is 35.1 Å². The molecule has 6 nitrogen and oxygen atoms in total. The van der Waals surface area contributed by atoms with Crippen molar-refractivity contribution in [2.75, 3.05) is 13.7 Å². The number of hydrogen-bond donors (Lipinski definition) is 0. The van der Waals surface area contributed by atoms with Crippen molar-refractivity contribution < 1.29 is 29.3 Å². The topological polar surface area (TPSA) is 107 Å². The van der Waals surface area contributed by atoms with Gasteiger partial charge in [-0.15, -0.1) is 0 Å². The third-order valence-corrected chi connectivity index (χ3v) is 2.84. The maximum Gasteiger partial charge on any atom is 0.133 e. The van der Waals surface area contributed by atoms with Gasteiger partial charge in [0.1, 0.15) is 5.78 Å². The molecule has 0 amide bonds. The summed E-state index contributed by atoms with van der Waals surface area (Å²) in [6.45, 7) is 4.72. The van der Waals surface area contributed by atoms with Crippen molar-refractivity contribution in [2.24, 2.45) is 5.41 Å². The second-order valence-corrected chi connectivity index (χ2v) is 3.95. The van der Waals surface area contributed by atoms with Gasteiger partial charge in [0, 0.05) is 32.0 Å². The molecule has 0 heterocycles. The van der Waals surface area contributed by atoms with Crippen LogP contribution >= 0.6 is 0 Å². The lowest BCUT2D eigenvalue weighted by Crippen LogP contribution is -2.49. The normalized spacial score (nSPS) is 13.7. The summed E-state index contributed by atoms with van der Waals surface area (Å²) in [7, 11) is 1.34. The first-order chi connectivity index (χ1) is 8.31. The Morgan fingerprint density at radius 1 is 1.28 bits per heavy atom. The van der Waals surface area contributed by atoms with Crippen LogP contribution in [0.2, 0.25) is 0 Å². The van der Waals surface area contributed by atoms with Gasteiger partial charge in [-0.3, -0.25) is 4.79 Å². The number of carbonyl (C=O) groups is 3. The summed E-state index contributed by atoms with van der Waals surface area (Å²) < 4.78 is 4.74. The third kappa shape index (κ3) is 3.66. The number of rotatable bonds is 9. The van der Waals surface area contributed by atoms with Crippen molar-refractivity contribution in [1.29, 1.82) is 0 Å². The zero-order chi connectivity index (χ0) is 14.3. The molecular formula is C12H16O6-2. The van der Waals surface area contributed by atoms with Crippen LogP contribution in [-0.2, 0) is 19.1 Å². The summed E-state index contributed by atoms with van der Waals surface area (Å²) >= 11 is 0. The maximum atomic E-state index is 11.4. The molecule has 1 unspecified atom stereocenters. The Kier molecular flexibility index (Phi) is 6.26. The van der Waals surface area contributed by atoms with Crippen LogP contribution in [0.3, 0.4) is 0 Å². The Morgan fingerprint density at radius 3 is 2.17 bits per heavy atom. The largest absolute Gasteiger partial charge is 0.549 e. The van der Waals surface area contributed by atoms with Crippen molar-refractivity contribution in [3.8, 4) is 0 Å². The standard InChI is InChI=1S/C12H18O6/c1-4-9(13)7-12(11(16)17,5-6-18-3)8(2)10(14)15/h2,4-7H2,1,3H3,(H,14,15)(H,16,17)/p-2. The maximum absolute atomic E-state index is 11.4. The number of methoxy groups -OCH3 is 1. The molecule has 0 aliphatic heterocycles. The second kappa shape index (κ2) is 6.90. The number of carbonyl (C=O) groups excluding carboxylic acids is 3. The average molecular weight is 256 g/mol. The summed E-state index contributed by atoms with van der Waals surface area (Å²) in [5, 5.41) is 22.1. The van der Waals surface area contributed by atoms with Gasteiger partial charge in [-0.1, -0.05) is 13.5 Å². The first kappa shape index (κ1) is 16.3. The minimum atomic E-state index is -1.97. The number of hydrogen-bond acceptors (Lipinski definition) is 6. The number of aliphatic carboxylic acids is 2. The monoisotopic (exact) mass is 256 g/mol. The quantitative estimate of drug-likeness (QED) is 0.461. The second-order valence-electron chi connectivity index (χ2n) is 3.95. The van der Waals surface area contributed by atoms with Crippen molar-refractivity contribution in [3.63, 3.8) is 0 Å². The summed E-state index contributed by atoms with van der Waals surface area (Å²) in [4.78, 5) is 33.5. The predicted molar refractivity (Wildman–Crippen MR) is 58.0 cm³/mol. The molecule has 0 aromatic rings. The lowest BCUT2D eigenvalue weighted by molar-refractivity contribution is -0.322. The predicted octanol–water partition coefficient (Wildman–Crippen LogP) is -1.57. The summed E-state index contributed by atoms with van der Waals surface area (Å²) in [6, 6.07) is 0. The molecular weight excluding hydrogens is 240 g/mol. The van der Waals surface area contributed by atoms with Crippen LogP contribution in [-0.4, -0.2) is 31.4 Å². The number of Topliss-reactive ketones (excluding diaryl/α,β-unsaturated/α-hetero) is 1. The molecule has 0 aromatic heterocycles. The lowest BCUT2D eigenvalue weighted by atomic mass is 9.73. The number of carboxylic acids is 2. The minimum absolute atomic E-state index is 0.0305. The Bertz CT molecular complexity index is 360. The fraction of sp³-hybridized carbons (Fsp3) is 0.583. The average Bonchev–Trinajstić information content (AvgIpc) is 2.32. The Morgan fingerprint density at radius 2 is 1.83 bits per heavy atom. The summed E-state index contributed by atoms with van der Waals surface area (Å²) in [5.74, 6) is -3.76. The van der Waals surface area contributed by atoms with Crippen LogP contribution in [0.4, 0.5) is 0 Å². The highest BCUT2D eigenvalue weighted by atomic mass is 16.5. The van der Waals surface area contributed by atoms with Gasteiger partial charge in [0.25, 0.3) is 0 Å². The van der Waals surface area contributed by atoms with E-state index in [-0.39, 0.29) is 19.4 Å². The van der Waals surface area contributed by atoms with Crippen molar-refractivity contribution in [1.82, 2.24) is 0 Å². The van der Waals surface area contributed by atoms with Crippen molar-refractivity contribution in [2.45, 2.75) is 26.2 Å². The highest BCUT2D eigenvalue weighted by molar-refractivity contribution is 5.97. The lowest BCUT2D eigenvalue weighted by Gasteiger charge is -2.36. The van der Waals surface area contributed by atoms with E-state index >= 15 is 0 Å². The highest BCUT2D eigenvalue weighted by Gasteiger charge is 2.37. The molecule has 1 atom stereocenters. The van der Waals surface area contributed by atoms with Gasteiger partial charge in [0.2, 0.25) is 0 Å². The molecule has 0 saturated heterocycles. The van der Waals surface area contributed by atoms with Crippen LogP contribution in [0.15, 0.2) is 12.2 Å². The molecule has 0 aromatic carbocycles. The smallest absolute Gasteiger partial charge is 0.133 e. The SMILES string of the molecule is C=C(C(=O)[O-])C(CCOC)(CC(=O)CC)C(=O)[O-]. The molecule has 0 saturated carbocycles. The first-order valence-corrected chi connectivity index (χ1v) is 5.44. The molecule has 0 aliphatic rings. The molecule has 0 bridgehead atoms. The molecule has 0 rings (SSSR count). The molecule has 0 radical (unpaired) electrons. The Labute approximate surface area is 105 Å². The fourth-order valence-corrected chi connectivity index (χ4v) is 1.58. The molecule has 0 aliphatic carbocycles. The van der Waals surface area contributed by atoms with Gasteiger partial charge in [0.15, 0.2) is 0 Å². The molecule has 0 N–H and O–H groups in total. The van der Waals surface area contributed by atoms with E-state index in [1.807, 2.05) is 0 Å². The first-order valence-electron chi connectivity index (χ1n) is 5.44. The molecule has 0 fully saturated rings. The van der Waals surface area contributed by atoms with Gasteiger partial charge in [0.05, 0.1) is 11.9 Å². The minimum Gasteiger partial charge on any atom is -0.549 e. The fourth-order valence-electron chi connectivity index (χ4n) is 1.58. The molecule has 18 heavy (non-hydrogen) atoms. The zero-order valence-corrected chi connectivity index (χ0v) is 10.5. The van der Waals surface area contributed by atoms with Gasteiger partial charge >= 0.3 is 0 Å². The highest BCUT2D eigenvalue weighted by Crippen LogP contribution is 2.34. The van der Waals surface area contributed by atoms with E-state index in [9.17, 15) is 24.6 Å². The Balaban J connectivity index is 5.41. The van der Waals surface area contributed by atoms with E-state index in [2.05, 4.69) is 6.58 Å². The van der Waals surface area contributed by atoms with E-state index in [0.29, 0.717) is 0 Å². The number of ketones is 1. The van der Waals surface area contributed by atoms with Crippen LogP contribution in [0, 0.1) is 5.41 Å². The van der Waals surface area contributed by atoms with Gasteiger partial charge < -0.3 is 24.5 Å². The van der Waals surface area contributed by atoms with E-state index in [1.54, 1.807) is 6.92 Å². The molecule has 102 valence electrons. The van der Waals surface area contributed by atoms with Crippen LogP contribution < -0.4 is 10.2 Å². The van der Waals surface area contributed by atoms with Gasteiger partial charge in [-0.2, -0.15) is 0 Å². The van der Waals surface area contributed by atoms with Gasteiger partial charge in [-0.25, -0.2) is 0 Å². The van der Waals surface area contributed by atoms with Crippen LogP contribution in [0.5, 0.6) is 0 Å². The number of ether oxygens (including phenoxy) is 1. The van der Waals surface area contributed by atoms with Crippen molar-refractivity contribution >= 4 is 17.7 Å². The van der Waals surface area contributed by atoms with Crippen LogP contribution in [0.25, 0.3) is 0 Å². The van der Waals surface area contributed by atoms with Crippen LogP contribution in [0.1, 0.15) is 26.2 Å². The summed E-state index contributed by atoms with van der Waals surface area (Å²) in [5.41, 5.74) is -2.64. The molecule has 6 heteroatoms. The molecule has 0 spiro atoms. The van der Waals surface area contributed by atoms with E-state index in [1.165, 1.54) is 7.11 Å². The summed E-state index contributed by atoms with van der Waals surface area (Å²) in [6.07, 6.45) is -0.589. The van der Waals surface area contributed by atoms with Gasteiger partial charge in [-0.05, 0) is 12.0 Å². The van der Waals surface area contributed by atoms with E-state index in [0.717, 1.165) is 0 Å². The van der Waals surface area contributed by atoms with E-state index in [4.69, 9.17) is 4.74 Å². The van der Waals surface area contributed by atoms with Crippen molar-refractivity contribution in [3.05, 3.63) is 12.2 Å².